The summed E-state index contributed by atoms with van der Waals surface area (Å²) >= 11 is 4.90. The molecule has 66 valence electrons. The Morgan fingerprint density at radius 1 is 1.46 bits per heavy atom. The summed E-state index contributed by atoms with van der Waals surface area (Å²) in [6, 6.07) is 5.53. The van der Waals surface area contributed by atoms with Crippen molar-refractivity contribution in [1.29, 1.82) is 0 Å². The third-order valence-electron chi connectivity index (χ3n) is 1.81. The lowest BCUT2D eigenvalue weighted by Crippen LogP contribution is -1.78. The molecule has 0 amide bonds. The predicted octanol–water partition coefficient (Wildman–Crippen LogP) is 3.06. The highest BCUT2D eigenvalue weighted by Crippen LogP contribution is 2.37. The number of aldehydes is 1. The van der Waals surface area contributed by atoms with Crippen molar-refractivity contribution in [2.45, 2.75) is 0 Å². The van der Waals surface area contributed by atoms with Gasteiger partial charge in [0.2, 0.25) is 0 Å². The number of thiophene rings is 1. The minimum Gasteiger partial charge on any atom is -0.390 e. The highest BCUT2D eigenvalue weighted by Gasteiger charge is 2.06. The molecule has 0 radical (unpaired) electrons. The average molecular weight is 256 g/mol. The molecule has 0 spiro atoms. The van der Waals surface area contributed by atoms with Crippen molar-refractivity contribution in [3.8, 4) is 0 Å². The maximum atomic E-state index is 10.5. The second-order valence-electron chi connectivity index (χ2n) is 2.65. The van der Waals surface area contributed by atoms with E-state index in [1.54, 1.807) is 6.07 Å². The smallest absolute Gasteiger partial charge is 0.150 e. The Morgan fingerprint density at radius 3 is 2.92 bits per heavy atom. The van der Waals surface area contributed by atoms with Gasteiger partial charge < -0.3 is 5.73 Å². The number of nitrogen functional groups attached to an aromatic ring is 1. The van der Waals surface area contributed by atoms with Gasteiger partial charge in [0.1, 0.15) is 11.3 Å². The van der Waals surface area contributed by atoms with Crippen LogP contribution in [0, 0.1) is 0 Å². The number of hydrogen-bond acceptors (Lipinski definition) is 3. The quantitative estimate of drug-likeness (QED) is 0.797. The molecule has 0 aliphatic carbocycles. The molecule has 0 atom stereocenters. The van der Waals surface area contributed by atoms with Crippen molar-refractivity contribution in [2.75, 3.05) is 5.73 Å². The van der Waals surface area contributed by atoms with Gasteiger partial charge in [-0.2, -0.15) is 0 Å². The molecule has 4 heteroatoms. The van der Waals surface area contributed by atoms with Gasteiger partial charge in [-0.3, -0.25) is 4.79 Å². The number of hydrogen-bond donors (Lipinski definition) is 1. The molecule has 0 unspecified atom stereocenters. The van der Waals surface area contributed by atoms with Crippen LogP contribution in [0.25, 0.3) is 10.1 Å². The van der Waals surface area contributed by atoms with Crippen LogP contribution in [0.15, 0.2) is 22.7 Å². The summed E-state index contributed by atoms with van der Waals surface area (Å²) in [4.78, 5) is 10.5. The van der Waals surface area contributed by atoms with Gasteiger partial charge in [-0.05, 0) is 28.1 Å². The number of nitrogens with two attached hydrogens (primary N) is 1. The molecule has 1 aromatic heterocycles. The van der Waals surface area contributed by atoms with E-state index in [-0.39, 0.29) is 0 Å². The van der Waals surface area contributed by atoms with Crippen molar-refractivity contribution in [3.63, 3.8) is 0 Å². The van der Waals surface area contributed by atoms with E-state index in [0.29, 0.717) is 5.56 Å². The van der Waals surface area contributed by atoms with Gasteiger partial charge in [0.05, 0.1) is 4.47 Å². The van der Waals surface area contributed by atoms with Crippen LogP contribution in [0.5, 0.6) is 0 Å². The minimum atomic E-state index is 0.672. The molecular formula is C9H6BrNOS. The lowest BCUT2D eigenvalue weighted by molar-refractivity contribution is 0.112. The number of anilines is 1. The summed E-state index contributed by atoms with van der Waals surface area (Å²) in [7, 11) is 0. The maximum absolute atomic E-state index is 10.5. The maximum Gasteiger partial charge on any atom is 0.150 e. The molecule has 2 rings (SSSR count). The second kappa shape index (κ2) is 3.12. The molecule has 1 aromatic carbocycles. The zero-order valence-electron chi connectivity index (χ0n) is 6.58. The lowest BCUT2D eigenvalue weighted by atomic mass is 10.2. The van der Waals surface area contributed by atoms with Crippen molar-refractivity contribution < 1.29 is 4.79 Å². The highest BCUT2D eigenvalue weighted by molar-refractivity contribution is 9.10. The molecule has 0 aliphatic heterocycles. The fraction of sp³-hybridized carbons (Fsp3) is 0. The normalized spacial score (nSPS) is 10.5. The standard InChI is InChI=1S/C9H6BrNOS/c10-8-6-3-5(4-12)1-2-7(6)13-9(8)11/h1-4H,11H2. The van der Waals surface area contributed by atoms with E-state index in [2.05, 4.69) is 15.9 Å². The molecule has 0 saturated carbocycles. The van der Waals surface area contributed by atoms with Gasteiger partial charge >= 0.3 is 0 Å². The van der Waals surface area contributed by atoms with Gasteiger partial charge in [-0.15, -0.1) is 11.3 Å². The van der Waals surface area contributed by atoms with Crippen LogP contribution in [0.3, 0.4) is 0 Å². The van der Waals surface area contributed by atoms with Crippen molar-refractivity contribution in [2.24, 2.45) is 0 Å². The monoisotopic (exact) mass is 255 g/mol. The number of halogens is 1. The Balaban J connectivity index is 2.81. The van der Waals surface area contributed by atoms with Crippen molar-refractivity contribution >= 4 is 48.6 Å². The number of fused-ring (bicyclic) bond motifs is 1. The summed E-state index contributed by atoms with van der Waals surface area (Å²) in [6.45, 7) is 0. The average Bonchev–Trinajstić information content (AvgIpc) is 2.43. The fourth-order valence-electron chi connectivity index (χ4n) is 1.18. The summed E-state index contributed by atoms with van der Waals surface area (Å²) in [6.07, 6.45) is 0.833. The molecule has 2 aromatic rings. The fourth-order valence-corrected chi connectivity index (χ4v) is 2.72. The topological polar surface area (TPSA) is 43.1 Å². The molecule has 0 fully saturated rings. The molecule has 2 nitrogen and oxygen atoms in total. The van der Waals surface area contributed by atoms with Crippen LogP contribution in [0.4, 0.5) is 5.00 Å². The zero-order chi connectivity index (χ0) is 9.42. The molecule has 2 N–H and O–H groups in total. The summed E-state index contributed by atoms with van der Waals surface area (Å²) in [5, 5.41) is 1.75. The molecular weight excluding hydrogens is 250 g/mol. The van der Waals surface area contributed by atoms with E-state index < -0.39 is 0 Å². The first-order valence-electron chi connectivity index (χ1n) is 3.65. The number of carbonyl (C=O) groups is 1. The van der Waals surface area contributed by atoms with Crippen LogP contribution in [0.2, 0.25) is 0 Å². The van der Waals surface area contributed by atoms with Gasteiger partial charge in [0.25, 0.3) is 0 Å². The Bertz CT molecular complexity index is 478. The van der Waals surface area contributed by atoms with Crippen LogP contribution in [0.1, 0.15) is 10.4 Å². The van der Waals surface area contributed by atoms with Crippen LogP contribution in [-0.4, -0.2) is 6.29 Å². The molecule has 0 bridgehead atoms. The van der Waals surface area contributed by atoms with E-state index in [4.69, 9.17) is 5.73 Å². The van der Waals surface area contributed by atoms with Crippen LogP contribution < -0.4 is 5.73 Å². The molecule has 0 saturated heterocycles. The van der Waals surface area contributed by atoms with Crippen LogP contribution in [-0.2, 0) is 0 Å². The van der Waals surface area contributed by atoms with Gasteiger partial charge in [-0.25, -0.2) is 0 Å². The SMILES string of the molecule is Nc1sc2ccc(C=O)cc2c1Br. The molecule has 1 heterocycles. The molecule has 0 aliphatic rings. The summed E-state index contributed by atoms with van der Waals surface area (Å²) in [5.74, 6) is 0. The van der Waals surface area contributed by atoms with Crippen molar-refractivity contribution in [3.05, 3.63) is 28.2 Å². The third-order valence-corrected chi connectivity index (χ3v) is 3.93. The predicted molar refractivity (Wildman–Crippen MR) is 59.3 cm³/mol. The number of rotatable bonds is 1. The van der Waals surface area contributed by atoms with Gasteiger partial charge in [0.15, 0.2) is 0 Å². The Labute approximate surface area is 87.5 Å². The minimum absolute atomic E-state index is 0.672. The lowest BCUT2D eigenvalue weighted by Gasteiger charge is -1.91. The number of benzene rings is 1. The second-order valence-corrected chi connectivity index (χ2v) is 4.53. The Kier molecular flexibility index (Phi) is 2.09. The van der Waals surface area contributed by atoms with E-state index in [1.165, 1.54) is 11.3 Å². The zero-order valence-corrected chi connectivity index (χ0v) is 8.98. The van der Waals surface area contributed by atoms with Gasteiger partial charge in [-0.1, -0.05) is 6.07 Å². The largest absolute Gasteiger partial charge is 0.390 e. The Morgan fingerprint density at radius 2 is 2.23 bits per heavy atom. The Hall–Kier alpha value is -0.870. The molecule has 13 heavy (non-hydrogen) atoms. The van der Waals surface area contributed by atoms with E-state index in [9.17, 15) is 4.79 Å². The van der Waals surface area contributed by atoms with E-state index in [1.807, 2.05) is 12.1 Å². The summed E-state index contributed by atoms with van der Waals surface area (Å²) in [5.41, 5.74) is 6.40. The van der Waals surface area contributed by atoms with E-state index >= 15 is 0 Å². The van der Waals surface area contributed by atoms with Gasteiger partial charge in [0, 0.05) is 15.6 Å². The first-order valence-corrected chi connectivity index (χ1v) is 5.26. The first-order chi connectivity index (χ1) is 6.22. The van der Waals surface area contributed by atoms with Crippen molar-refractivity contribution in [1.82, 2.24) is 0 Å². The summed E-state index contributed by atoms with van der Waals surface area (Å²) < 4.78 is 1.98. The third kappa shape index (κ3) is 1.36. The van der Waals surface area contributed by atoms with E-state index in [0.717, 1.165) is 25.8 Å². The first kappa shape index (κ1) is 8.72. The van der Waals surface area contributed by atoms with Crippen LogP contribution >= 0.6 is 27.3 Å². The highest BCUT2D eigenvalue weighted by atomic mass is 79.9. The number of carbonyl (C=O) groups excluding carboxylic acids is 1.